The van der Waals surface area contributed by atoms with Gasteiger partial charge in [0.25, 0.3) is 0 Å². The average molecular weight is 298 g/mol. The Balaban J connectivity index is 2.17. The van der Waals surface area contributed by atoms with Crippen LogP contribution in [-0.4, -0.2) is 34.4 Å². The zero-order valence-electron chi connectivity index (χ0n) is 9.55. The van der Waals surface area contributed by atoms with Crippen LogP contribution in [0.25, 0.3) is 0 Å². The van der Waals surface area contributed by atoms with E-state index in [-0.39, 0.29) is 18.6 Å². The lowest BCUT2D eigenvalue weighted by atomic mass is 10.1. The number of hydrogen-bond acceptors (Lipinski definition) is 2. The molecule has 3 nitrogen and oxygen atoms in total. The van der Waals surface area contributed by atoms with Crippen LogP contribution in [0.1, 0.15) is 18.0 Å². The van der Waals surface area contributed by atoms with Crippen molar-refractivity contribution in [1.29, 1.82) is 0 Å². The number of hydrogen-bond donors (Lipinski definition) is 1. The molecule has 0 saturated carbocycles. The van der Waals surface area contributed by atoms with Crippen LogP contribution < -0.4 is 0 Å². The fraction of sp³-hybridized carbons (Fsp3) is 0.462. The third kappa shape index (κ3) is 2.69. The van der Waals surface area contributed by atoms with Crippen molar-refractivity contribution in [3.63, 3.8) is 0 Å². The van der Waals surface area contributed by atoms with Gasteiger partial charge in [-0.15, -0.1) is 0 Å². The lowest BCUT2D eigenvalue weighted by molar-refractivity contribution is -0.130. The summed E-state index contributed by atoms with van der Waals surface area (Å²) in [5.41, 5.74) is 0.999. The van der Waals surface area contributed by atoms with Crippen LogP contribution in [0.3, 0.4) is 0 Å². The summed E-state index contributed by atoms with van der Waals surface area (Å²) in [6, 6.07) is 9.50. The molecule has 1 amide bonds. The lowest BCUT2D eigenvalue weighted by Gasteiger charge is -2.26. The van der Waals surface area contributed by atoms with Crippen LogP contribution in [0.2, 0.25) is 0 Å². The minimum absolute atomic E-state index is 0.0231. The van der Waals surface area contributed by atoms with E-state index in [2.05, 4.69) is 15.9 Å². The molecule has 1 saturated heterocycles. The van der Waals surface area contributed by atoms with E-state index in [9.17, 15) is 9.90 Å². The third-order valence-electron chi connectivity index (χ3n) is 3.19. The van der Waals surface area contributed by atoms with Crippen LogP contribution in [0, 0.1) is 5.92 Å². The van der Waals surface area contributed by atoms with Gasteiger partial charge >= 0.3 is 0 Å². The van der Waals surface area contributed by atoms with E-state index in [1.54, 1.807) is 4.90 Å². The highest BCUT2D eigenvalue weighted by Gasteiger charge is 2.33. The molecule has 1 aromatic carbocycles. The molecule has 0 aromatic heterocycles. The standard InChI is InChI=1S/C13H16BrNO2/c14-7-10-6-13(17)15(8-10)12(9-16)11-4-2-1-3-5-11/h1-5,10,12,16H,6-9H2/t10?,12-/m0/s1. The van der Waals surface area contributed by atoms with Gasteiger partial charge < -0.3 is 10.0 Å². The molecule has 0 aliphatic carbocycles. The molecule has 1 aromatic rings. The Morgan fingerprint density at radius 2 is 2.12 bits per heavy atom. The van der Waals surface area contributed by atoms with Crippen molar-refractivity contribution < 1.29 is 9.90 Å². The highest BCUT2D eigenvalue weighted by atomic mass is 79.9. The smallest absolute Gasteiger partial charge is 0.223 e. The first kappa shape index (κ1) is 12.6. The second kappa shape index (κ2) is 5.65. The molecule has 1 heterocycles. The van der Waals surface area contributed by atoms with Gasteiger partial charge in [0.15, 0.2) is 0 Å². The number of amides is 1. The fourth-order valence-electron chi connectivity index (χ4n) is 2.27. The van der Waals surface area contributed by atoms with E-state index >= 15 is 0 Å². The second-order valence-electron chi connectivity index (χ2n) is 4.38. The van der Waals surface area contributed by atoms with Crippen molar-refractivity contribution in [3.8, 4) is 0 Å². The van der Waals surface area contributed by atoms with Crippen LogP contribution >= 0.6 is 15.9 Å². The van der Waals surface area contributed by atoms with Crippen molar-refractivity contribution in [2.75, 3.05) is 18.5 Å². The van der Waals surface area contributed by atoms with Crippen LogP contribution in [0.15, 0.2) is 30.3 Å². The monoisotopic (exact) mass is 297 g/mol. The van der Waals surface area contributed by atoms with Gasteiger partial charge in [0.1, 0.15) is 0 Å². The number of aliphatic hydroxyl groups excluding tert-OH is 1. The molecule has 92 valence electrons. The summed E-state index contributed by atoms with van der Waals surface area (Å²) in [7, 11) is 0. The number of nitrogens with zero attached hydrogens (tertiary/aromatic N) is 1. The van der Waals surface area contributed by atoms with Gasteiger partial charge in [-0.25, -0.2) is 0 Å². The van der Waals surface area contributed by atoms with Crippen molar-refractivity contribution >= 4 is 21.8 Å². The third-order valence-corrected chi connectivity index (χ3v) is 4.11. The summed E-state index contributed by atoms with van der Waals surface area (Å²) in [5, 5.41) is 10.3. The predicted molar refractivity (Wildman–Crippen MR) is 69.9 cm³/mol. The highest BCUT2D eigenvalue weighted by molar-refractivity contribution is 9.09. The van der Waals surface area contributed by atoms with Gasteiger partial charge in [-0.1, -0.05) is 46.3 Å². The maximum absolute atomic E-state index is 11.9. The second-order valence-corrected chi connectivity index (χ2v) is 5.03. The van der Waals surface area contributed by atoms with Crippen molar-refractivity contribution in [2.45, 2.75) is 12.5 Å². The minimum atomic E-state index is -0.201. The predicted octanol–water partition coefficient (Wildman–Crippen LogP) is 1.96. The van der Waals surface area contributed by atoms with Crippen LogP contribution in [0.4, 0.5) is 0 Å². The average Bonchev–Trinajstić information content (AvgIpc) is 2.73. The van der Waals surface area contributed by atoms with Gasteiger partial charge in [-0.05, 0) is 11.5 Å². The molecule has 1 N–H and O–H groups in total. The topological polar surface area (TPSA) is 40.5 Å². The van der Waals surface area contributed by atoms with E-state index in [4.69, 9.17) is 0 Å². The van der Waals surface area contributed by atoms with Gasteiger partial charge in [-0.2, -0.15) is 0 Å². The molecular weight excluding hydrogens is 282 g/mol. The number of halogens is 1. The summed E-state index contributed by atoms with van der Waals surface area (Å²) < 4.78 is 0. The summed E-state index contributed by atoms with van der Waals surface area (Å²) in [6.45, 7) is 0.703. The highest BCUT2D eigenvalue weighted by Crippen LogP contribution is 2.29. The molecule has 17 heavy (non-hydrogen) atoms. The molecule has 1 fully saturated rings. The number of alkyl halides is 1. The number of carbonyl (C=O) groups excluding carboxylic acids is 1. The Hall–Kier alpha value is -0.870. The van der Waals surface area contributed by atoms with Crippen molar-refractivity contribution in [2.24, 2.45) is 5.92 Å². The fourth-order valence-corrected chi connectivity index (χ4v) is 2.71. The van der Waals surface area contributed by atoms with Crippen molar-refractivity contribution in [1.82, 2.24) is 4.90 Å². The quantitative estimate of drug-likeness (QED) is 0.863. The zero-order valence-corrected chi connectivity index (χ0v) is 11.1. The van der Waals surface area contributed by atoms with E-state index in [1.807, 2.05) is 30.3 Å². The lowest BCUT2D eigenvalue weighted by Crippen LogP contribution is -2.32. The maximum atomic E-state index is 11.9. The Kier molecular flexibility index (Phi) is 4.18. The Bertz CT molecular complexity index is 382. The van der Waals surface area contributed by atoms with Gasteiger partial charge in [0.2, 0.25) is 5.91 Å². The summed E-state index contributed by atoms with van der Waals surface area (Å²) in [4.78, 5) is 13.7. The molecule has 1 aliphatic rings. The molecule has 0 bridgehead atoms. The molecule has 0 spiro atoms. The summed E-state index contributed by atoms with van der Waals surface area (Å²) >= 11 is 3.42. The molecule has 1 unspecified atom stereocenters. The number of benzene rings is 1. The van der Waals surface area contributed by atoms with E-state index < -0.39 is 0 Å². The largest absolute Gasteiger partial charge is 0.394 e. The molecular formula is C13H16BrNO2. The SMILES string of the molecule is O=C1CC(CBr)CN1[C@@H](CO)c1ccccc1. The van der Waals surface area contributed by atoms with Gasteiger partial charge in [-0.3, -0.25) is 4.79 Å². The Morgan fingerprint density at radius 1 is 1.41 bits per heavy atom. The normalized spacial score (nSPS) is 21.9. The van der Waals surface area contributed by atoms with Gasteiger partial charge in [0, 0.05) is 18.3 Å². The summed E-state index contributed by atoms with van der Waals surface area (Å²) in [5.74, 6) is 0.498. The van der Waals surface area contributed by atoms with Crippen LogP contribution in [-0.2, 0) is 4.79 Å². The van der Waals surface area contributed by atoms with E-state index in [1.165, 1.54) is 0 Å². The molecule has 0 radical (unpaired) electrons. The van der Waals surface area contributed by atoms with Crippen LogP contribution in [0.5, 0.6) is 0 Å². The number of rotatable bonds is 4. The first-order valence-electron chi connectivity index (χ1n) is 5.77. The molecule has 4 heteroatoms. The van der Waals surface area contributed by atoms with E-state index in [0.29, 0.717) is 12.3 Å². The minimum Gasteiger partial charge on any atom is -0.394 e. The number of aliphatic hydroxyl groups is 1. The molecule has 2 rings (SSSR count). The zero-order chi connectivity index (χ0) is 12.3. The number of likely N-dealkylation sites (tertiary alicyclic amines) is 1. The molecule has 2 atom stereocenters. The van der Waals surface area contributed by atoms with Gasteiger partial charge in [0.05, 0.1) is 12.6 Å². The maximum Gasteiger partial charge on any atom is 0.223 e. The Labute approximate surface area is 110 Å². The number of carbonyl (C=O) groups is 1. The van der Waals surface area contributed by atoms with Crippen molar-refractivity contribution in [3.05, 3.63) is 35.9 Å². The Morgan fingerprint density at radius 3 is 2.65 bits per heavy atom. The van der Waals surface area contributed by atoms with E-state index in [0.717, 1.165) is 17.4 Å². The molecule has 1 aliphatic heterocycles. The first-order valence-corrected chi connectivity index (χ1v) is 6.89. The first-order chi connectivity index (χ1) is 8.26. The summed E-state index contributed by atoms with van der Waals surface area (Å²) in [6.07, 6.45) is 0.578.